The molecular weight excluding hydrogens is 1140 g/mol. The van der Waals surface area contributed by atoms with Crippen LogP contribution in [0.4, 0.5) is 114 Å². The molecule has 0 aromatic heterocycles. The van der Waals surface area contributed by atoms with Crippen molar-refractivity contribution in [2.45, 2.75) is 135 Å². The Morgan fingerprint density at radius 3 is 0.808 bits per heavy atom. The van der Waals surface area contributed by atoms with E-state index in [0.717, 1.165) is 0 Å². The van der Waals surface area contributed by atoms with Gasteiger partial charge in [-0.05, 0) is 0 Å². The van der Waals surface area contributed by atoms with E-state index < -0.39 is 183 Å². The Labute approximate surface area is 400 Å². The molecule has 4 atom stereocenters. The van der Waals surface area contributed by atoms with Gasteiger partial charge in [-0.15, -0.1) is 23.5 Å². The second-order valence-electron chi connectivity index (χ2n) is 14.3. The quantitative estimate of drug-likeness (QED) is 0.0208. The SMILES string of the molecule is CC(=O)OC(COCCOCCOCC(OC(C)=O)C(OC(C)=O)SCCC(F)(F)C(F)(F)C(F)(F)C(F)(F)C(F)(F)C(F)(F)F)C(OC(C)=O)SCCC(F)(F)C(F)(F)C(F)(F)C(F)(F)C(F)(F)C(F)(F)F. The average Bonchev–Trinajstić information content (AvgIpc) is 3.19. The highest BCUT2D eigenvalue weighted by Crippen LogP contribution is 2.62. The maximum absolute atomic E-state index is 14.3. The minimum Gasteiger partial charge on any atom is -0.455 e. The Balaban J connectivity index is 5.72. The van der Waals surface area contributed by atoms with Crippen LogP contribution in [0, 0.1) is 0 Å². The number of carbonyl (C=O) groups excluding carboxylic acids is 4. The third-order valence-corrected chi connectivity index (χ3v) is 10.8. The lowest BCUT2D eigenvalue weighted by Crippen LogP contribution is -2.70. The maximum atomic E-state index is 14.3. The molecule has 39 heteroatoms. The molecule has 0 N–H and O–H groups in total. The third-order valence-electron chi connectivity index (χ3n) is 8.51. The van der Waals surface area contributed by atoms with Crippen LogP contribution in [0.5, 0.6) is 0 Å². The first-order chi connectivity index (χ1) is 32.4. The molecule has 0 aromatic carbocycles. The summed E-state index contributed by atoms with van der Waals surface area (Å²) in [5, 5.41) is 0. The number of halogens is 26. The standard InChI is InChI=1S/C34H36F26O11S2/c1-15(61)68-19(21(70-17(3)63)72-11-5-23(35,36)25(39,40)27(43,44)29(47,48)31(51,52)33(55,56)57)13-66-9-7-65-8-10-67-14-20(69-16(2)62)22(71-18(4)64)73-12-6-24(37,38)26(41,42)28(45,46)30(49,50)32(53,54)34(58,59)60/h19-22H,5-14H2,1-4H3. The summed E-state index contributed by atoms with van der Waals surface area (Å²) in [6.45, 7) is -1.76. The van der Waals surface area contributed by atoms with E-state index in [1.807, 2.05) is 0 Å². The summed E-state index contributed by atoms with van der Waals surface area (Å²) in [5.41, 5.74) is -4.28. The van der Waals surface area contributed by atoms with Gasteiger partial charge in [-0.1, -0.05) is 0 Å². The normalized spacial score (nSPS) is 16.1. The summed E-state index contributed by atoms with van der Waals surface area (Å²) in [5.74, 6) is -85.5. The highest BCUT2D eigenvalue weighted by atomic mass is 32.2. The van der Waals surface area contributed by atoms with Gasteiger partial charge in [0, 0.05) is 52.0 Å². The van der Waals surface area contributed by atoms with Gasteiger partial charge in [0.2, 0.25) is 0 Å². The molecule has 0 aliphatic rings. The molecule has 0 fully saturated rings. The topological polar surface area (TPSA) is 133 Å². The first-order valence-electron chi connectivity index (χ1n) is 19.0. The molecule has 0 amide bonds. The van der Waals surface area contributed by atoms with Crippen LogP contribution in [0.1, 0.15) is 40.5 Å². The van der Waals surface area contributed by atoms with Crippen LogP contribution >= 0.6 is 23.5 Å². The zero-order valence-corrected chi connectivity index (χ0v) is 38.1. The number of carbonyl (C=O) groups is 4. The van der Waals surface area contributed by atoms with E-state index in [2.05, 4.69) is 9.47 Å². The first-order valence-corrected chi connectivity index (χ1v) is 21.1. The van der Waals surface area contributed by atoms with Crippen molar-refractivity contribution in [2.24, 2.45) is 0 Å². The van der Waals surface area contributed by atoms with Gasteiger partial charge >= 0.3 is 95.5 Å². The number of rotatable bonds is 32. The number of thioether (sulfide) groups is 2. The lowest BCUT2D eigenvalue weighted by molar-refractivity contribution is -0.439. The predicted octanol–water partition coefficient (Wildman–Crippen LogP) is 10.4. The van der Waals surface area contributed by atoms with Gasteiger partial charge in [-0.2, -0.15) is 114 Å². The van der Waals surface area contributed by atoms with Crippen molar-refractivity contribution >= 4 is 47.4 Å². The van der Waals surface area contributed by atoms with Crippen molar-refractivity contribution in [3.05, 3.63) is 0 Å². The number of alkyl halides is 26. The molecule has 4 unspecified atom stereocenters. The van der Waals surface area contributed by atoms with Gasteiger partial charge in [0.1, 0.15) is 0 Å². The predicted molar refractivity (Wildman–Crippen MR) is 190 cm³/mol. The molecule has 0 saturated heterocycles. The number of ether oxygens (including phenoxy) is 7. The molecule has 0 saturated carbocycles. The van der Waals surface area contributed by atoms with Gasteiger partial charge in [0.05, 0.1) is 39.6 Å². The van der Waals surface area contributed by atoms with Crippen molar-refractivity contribution in [2.75, 3.05) is 51.1 Å². The van der Waals surface area contributed by atoms with Gasteiger partial charge in [0.15, 0.2) is 23.1 Å². The highest BCUT2D eigenvalue weighted by molar-refractivity contribution is 8.00. The van der Waals surface area contributed by atoms with Crippen molar-refractivity contribution in [3.63, 3.8) is 0 Å². The Kier molecular flexibility index (Phi) is 24.0. The zero-order chi connectivity index (χ0) is 58.1. The molecule has 0 heterocycles. The van der Waals surface area contributed by atoms with Crippen LogP contribution < -0.4 is 0 Å². The minimum atomic E-state index is -8.17. The lowest BCUT2D eigenvalue weighted by Gasteiger charge is -2.39. The maximum Gasteiger partial charge on any atom is 0.460 e. The molecule has 73 heavy (non-hydrogen) atoms. The molecule has 0 rings (SSSR count). The molecule has 0 spiro atoms. The van der Waals surface area contributed by atoms with E-state index in [4.69, 9.17) is 23.7 Å². The molecule has 432 valence electrons. The van der Waals surface area contributed by atoms with Crippen molar-refractivity contribution in [1.29, 1.82) is 0 Å². The fourth-order valence-electron chi connectivity index (χ4n) is 4.79. The van der Waals surface area contributed by atoms with Crippen LogP contribution in [0.2, 0.25) is 0 Å². The highest BCUT2D eigenvalue weighted by Gasteiger charge is 2.92. The number of hydrogen-bond acceptors (Lipinski definition) is 13. The van der Waals surface area contributed by atoms with Gasteiger partial charge in [-0.3, -0.25) is 19.2 Å². The molecule has 0 radical (unpaired) electrons. The van der Waals surface area contributed by atoms with E-state index in [1.54, 1.807) is 0 Å². The van der Waals surface area contributed by atoms with Crippen LogP contribution in [-0.2, 0) is 52.3 Å². The molecular formula is C34H36F26O11S2. The Morgan fingerprint density at radius 2 is 0.575 bits per heavy atom. The largest absolute Gasteiger partial charge is 0.460 e. The van der Waals surface area contributed by atoms with Crippen molar-refractivity contribution in [1.82, 2.24) is 0 Å². The zero-order valence-electron chi connectivity index (χ0n) is 36.5. The van der Waals surface area contributed by atoms with E-state index in [-0.39, 0.29) is 23.5 Å². The van der Waals surface area contributed by atoms with Crippen LogP contribution in [0.3, 0.4) is 0 Å². The molecule has 0 aliphatic heterocycles. The second-order valence-corrected chi connectivity index (χ2v) is 16.7. The smallest absolute Gasteiger partial charge is 0.455 e. The molecule has 0 aliphatic carbocycles. The summed E-state index contributed by atoms with van der Waals surface area (Å²) >= 11 is -0.568. The summed E-state index contributed by atoms with van der Waals surface area (Å²) in [6.07, 6.45) is -24.7. The molecule has 11 nitrogen and oxygen atoms in total. The molecule has 0 aromatic rings. The number of esters is 4. The molecule has 0 bridgehead atoms. The van der Waals surface area contributed by atoms with Crippen LogP contribution in [-0.4, -0.2) is 170 Å². The second kappa shape index (κ2) is 25.2. The fraction of sp³-hybridized carbons (Fsp3) is 0.882. The van der Waals surface area contributed by atoms with Crippen molar-refractivity contribution < 1.29 is 166 Å². The number of hydrogen-bond donors (Lipinski definition) is 0. The summed E-state index contributed by atoms with van der Waals surface area (Å²) < 4.78 is 384. The van der Waals surface area contributed by atoms with Gasteiger partial charge in [-0.25, -0.2) is 0 Å². The summed E-state index contributed by atoms with van der Waals surface area (Å²) in [6, 6.07) is 0. The van der Waals surface area contributed by atoms with E-state index in [1.165, 1.54) is 0 Å². The van der Waals surface area contributed by atoms with Crippen LogP contribution in [0.15, 0.2) is 0 Å². The van der Waals surface area contributed by atoms with Gasteiger partial charge in [0.25, 0.3) is 0 Å². The third kappa shape index (κ3) is 16.3. The lowest BCUT2D eigenvalue weighted by atomic mass is 9.93. The van der Waals surface area contributed by atoms with E-state index in [9.17, 15) is 133 Å². The van der Waals surface area contributed by atoms with E-state index >= 15 is 0 Å². The Morgan fingerprint density at radius 1 is 0.342 bits per heavy atom. The Bertz CT molecular complexity index is 1690. The van der Waals surface area contributed by atoms with Crippen LogP contribution in [0.25, 0.3) is 0 Å². The Hall–Kier alpha value is -3.36. The van der Waals surface area contributed by atoms with Crippen molar-refractivity contribution in [3.8, 4) is 0 Å². The first kappa shape index (κ1) is 69.6. The van der Waals surface area contributed by atoms with E-state index in [0.29, 0.717) is 27.7 Å². The monoisotopic (exact) mass is 1180 g/mol. The minimum absolute atomic E-state index is 0.284. The fourth-order valence-corrected chi connectivity index (χ4v) is 7.10. The summed E-state index contributed by atoms with van der Waals surface area (Å²) in [7, 11) is 0. The summed E-state index contributed by atoms with van der Waals surface area (Å²) in [4.78, 5) is 46.6. The van der Waals surface area contributed by atoms with Gasteiger partial charge < -0.3 is 33.2 Å². The average molecular weight is 1180 g/mol.